The molecule has 0 aliphatic heterocycles. The van der Waals surface area contributed by atoms with Crippen molar-refractivity contribution in [1.29, 1.82) is 0 Å². The Bertz CT molecular complexity index is 439. The van der Waals surface area contributed by atoms with Crippen LogP contribution in [0.4, 0.5) is 8.78 Å². The molecule has 0 heterocycles. The van der Waals surface area contributed by atoms with Crippen LogP contribution in [0.1, 0.15) is 44.6 Å². The van der Waals surface area contributed by atoms with Gasteiger partial charge in [-0.1, -0.05) is 19.3 Å². The summed E-state index contributed by atoms with van der Waals surface area (Å²) in [5, 5.41) is 0. The molecule has 0 radical (unpaired) electrons. The highest BCUT2D eigenvalue weighted by Crippen LogP contribution is 2.35. The van der Waals surface area contributed by atoms with E-state index in [1.54, 1.807) is 0 Å². The maximum Gasteiger partial charge on any atom is 0.126 e. The number of rotatable bonds is 5. The summed E-state index contributed by atoms with van der Waals surface area (Å²) in [4.78, 5) is 0. The van der Waals surface area contributed by atoms with Gasteiger partial charge < -0.3 is 10.5 Å². The summed E-state index contributed by atoms with van der Waals surface area (Å²) in [6, 6.07) is 3.21. The van der Waals surface area contributed by atoms with Gasteiger partial charge in [0.1, 0.15) is 11.6 Å². The summed E-state index contributed by atoms with van der Waals surface area (Å²) in [6.07, 6.45) is 5.47. The Labute approximate surface area is 119 Å². The summed E-state index contributed by atoms with van der Waals surface area (Å²) in [7, 11) is 0. The second-order valence-corrected chi connectivity index (χ2v) is 5.60. The van der Waals surface area contributed by atoms with Crippen molar-refractivity contribution < 1.29 is 13.5 Å². The van der Waals surface area contributed by atoms with E-state index in [2.05, 4.69) is 0 Å². The third-order valence-corrected chi connectivity index (χ3v) is 4.26. The number of halogens is 2. The molecule has 1 aliphatic carbocycles. The molecule has 1 fully saturated rings. The van der Waals surface area contributed by atoms with Crippen molar-refractivity contribution in [3.05, 3.63) is 35.4 Å². The molecule has 0 saturated heterocycles. The van der Waals surface area contributed by atoms with Gasteiger partial charge in [-0.2, -0.15) is 0 Å². The normalized spacial score (nSPS) is 19.8. The highest BCUT2D eigenvalue weighted by Gasteiger charge is 2.38. The van der Waals surface area contributed by atoms with Gasteiger partial charge in [-0.15, -0.1) is 0 Å². The first-order valence-corrected chi connectivity index (χ1v) is 7.41. The second kappa shape index (κ2) is 6.64. The van der Waals surface area contributed by atoms with Crippen LogP contribution >= 0.6 is 0 Å². The van der Waals surface area contributed by atoms with E-state index in [0.29, 0.717) is 18.6 Å². The third kappa shape index (κ3) is 3.36. The van der Waals surface area contributed by atoms with Crippen molar-refractivity contribution in [1.82, 2.24) is 0 Å². The summed E-state index contributed by atoms with van der Waals surface area (Å²) >= 11 is 0. The Morgan fingerprint density at radius 3 is 2.60 bits per heavy atom. The Morgan fingerprint density at radius 1 is 1.25 bits per heavy atom. The lowest BCUT2D eigenvalue weighted by molar-refractivity contribution is -0.0818. The first kappa shape index (κ1) is 15.4. The lowest BCUT2D eigenvalue weighted by Gasteiger charge is -2.41. The highest BCUT2D eigenvalue weighted by molar-refractivity contribution is 5.20. The van der Waals surface area contributed by atoms with E-state index >= 15 is 0 Å². The topological polar surface area (TPSA) is 35.2 Å². The van der Waals surface area contributed by atoms with Crippen molar-refractivity contribution in [3.63, 3.8) is 0 Å². The molecule has 2 nitrogen and oxygen atoms in total. The molecule has 1 saturated carbocycles. The van der Waals surface area contributed by atoms with Crippen LogP contribution in [0.2, 0.25) is 0 Å². The second-order valence-electron chi connectivity index (χ2n) is 5.60. The minimum atomic E-state index is -0.428. The summed E-state index contributed by atoms with van der Waals surface area (Å²) in [5.41, 5.74) is 6.26. The monoisotopic (exact) mass is 283 g/mol. The third-order valence-electron chi connectivity index (χ3n) is 4.26. The minimum absolute atomic E-state index is 0.306. The summed E-state index contributed by atoms with van der Waals surface area (Å²) < 4.78 is 32.9. The molecule has 0 bridgehead atoms. The number of benzene rings is 1. The van der Waals surface area contributed by atoms with Crippen molar-refractivity contribution in [3.8, 4) is 0 Å². The molecule has 1 unspecified atom stereocenters. The van der Waals surface area contributed by atoms with Gasteiger partial charge in [-0.3, -0.25) is 0 Å². The quantitative estimate of drug-likeness (QED) is 0.896. The molecule has 2 N–H and O–H groups in total. The van der Waals surface area contributed by atoms with Gasteiger partial charge in [-0.25, -0.2) is 8.78 Å². The van der Waals surface area contributed by atoms with Crippen molar-refractivity contribution >= 4 is 0 Å². The number of nitrogens with two attached hydrogens (primary N) is 1. The Hall–Kier alpha value is -1.00. The van der Waals surface area contributed by atoms with E-state index in [4.69, 9.17) is 10.5 Å². The van der Waals surface area contributed by atoms with E-state index in [9.17, 15) is 8.78 Å². The van der Waals surface area contributed by atoms with Crippen LogP contribution in [-0.2, 0) is 11.2 Å². The van der Waals surface area contributed by atoms with Crippen LogP contribution in [0.5, 0.6) is 0 Å². The van der Waals surface area contributed by atoms with E-state index < -0.39 is 11.6 Å². The molecular formula is C16H23F2NO. The van der Waals surface area contributed by atoms with E-state index in [1.807, 2.05) is 6.92 Å². The zero-order chi connectivity index (χ0) is 14.6. The largest absolute Gasteiger partial charge is 0.374 e. The predicted molar refractivity (Wildman–Crippen MR) is 75.5 cm³/mol. The van der Waals surface area contributed by atoms with Crippen molar-refractivity contribution in [2.45, 2.75) is 57.1 Å². The zero-order valence-corrected chi connectivity index (χ0v) is 12.0. The van der Waals surface area contributed by atoms with Gasteiger partial charge >= 0.3 is 0 Å². The van der Waals surface area contributed by atoms with Gasteiger partial charge in [0, 0.05) is 12.6 Å². The standard InChI is InChI=1S/C16H23F2NO/c1-2-20-16(8-4-3-5-9-16)15(19)11-12-10-13(17)6-7-14(12)18/h6-7,10,15H,2-5,8-9,11,19H2,1H3. The van der Waals surface area contributed by atoms with Crippen LogP contribution in [0.3, 0.4) is 0 Å². The molecular weight excluding hydrogens is 260 g/mol. The summed E-state index contributed by atoms with van der Waals surface area (Å²) in [5.74, 6) is -0.827. The van der Waals surface area contributed by atoms with Gasteiger partial charge in [-0.05, 0) is 49.9 Å². The molecule has 4 heteroatoms. The highest BCUT2D eigenvalue weighted by atomic mass is 19.1. The lowest BCUT2D eigenvalue weighted by atomic mass is 9.77. The van der Waals surface area contributed by atoms with Crippen LogP contribution in [0, 0.1) is 11.6 Å². The summed E-state index contributed by atoms with van der Waals surface area (Å²) in [6.45, 7) is 2.55. The molecule has 112 valence electrons. The fourth-order valence-corrected chi connectivity index (χ4v) is 3.18. The van der Waals surface area contributed by atoms with Gasteiger partial charge in [0.25, 0.3) is 0 Å². The molecule has 2 rings (SSSR count). The van der Waals surface area contributed by atoms with E-state index in [-0.39, 0.29) is 11.6 Å². The first-order chi connectivity index (χ1) is 9.57. The SMILES string of the molecule is CCOC1(C(N)Cc2cc(F)ccc2F)CCCCC1. The number of hydrogen-bond donors (Lipinski definition) is 1. The van der Waals surface area contributed by atoms with E-state index in [0.717, 1.165) is 37.8 Å². The van der Waals surface area contributed by atoms with Crippen LogP contribution in [0.15, 0.2) is 18.2 Å². The molecule has 1 aromatic rings. The lowest BCUT2D eigenvalue weighted by Crippen LogP contribution is -2.52. The molecule has 0 spiro atoms. The molecule has 20 heavy (non-hydrogen) atoms. The van der Waals surface area contributed by atoms with Crippen LogP contribution in [0.25, 0.3) is 0 Å². The number of hydrogen-bond acceptors (Lipinski definition) is 2. The minimum Gasteiger partial charge on any atom is -0.374 e. The number of ether oxygens (including phenoxy) is 1. The molecule has 0 aromatic heterocycles. The Balaban J connectivity index is 2.15. The first-order valence-electron chi connectivity index (χ1n) is 7.41. The Morgan fingerprint density at radius 2 is 1.95 bits per heavy atom. The van der Waals surface area contributed by atoms with Crippen molar-refractivity contribution in [2.24, 2.45) is 5.73 Å². The fraction of sp³-hybridized carbons (Fsp3) is 0.625. The molecule has 0 amide bonds. The van der Waals surface area contributed by atoms with Gasteiger partial charge in [0.05, 0.1) is 5.60 Å². The average Bonchev–Trinajstić information content (AvgIpc) is 2.44. The van der Waals surface area contributed by atoms with Gasteiger partial charge in [0.2, 0.25) is 0 Å². The molecule has 1 atom stereocenters. The smallest absolute Gasteiger partial charge is 0.126 e. The average molecular weight is 283 g/mol. The fourth-order valence-electron chi connectivity index (χ4n) is 3.18. The van der Waals surface area contributed by atoms with Crippen LogP contribution in [-0.4, -0.2) is 18.2 Å². The van der Waals surface area contributed by atoms with Gasteiger partial charge in [0.15, 0.2) is 0 Å². The molecule has 1 aliphatic rings. The molecule has 1 aromatic carbocycles. The predicted octanol–water partition coefficient (Wildman–Crippen LogP) is 3.57. The maximum atomic E-state index is 13.7. The van der Waals surface area contributed by atoms with E-state index in [1.165, 1.54) is 12.5 Å². The van der Waals surface area contributed by atoms with Crippen molar-refractivity contribution in [2.75, 3.05) is 6.61 Å². The zero-order valence-electron chi connectivity index (χ0n) is 12.0. The maximum absolute atomic E-state index is 13.7. The Kier molecular flexibility index (Phi) is 5.11. The van der Waals surface area contributed by atoms with Crippen LogP contribution < -0.4 is 5.73 Å².